The summed E-state index contributed by atoms with van der Waals surface area (Å²) in [6.45, 7) is 4.52. The summed E-state index contributed by atoms with van der Waals surface area (Å²) < 4.78 is 5.93. The van der Waals surface area contributed by atoms with Crippen molar-refractivity contribution in [3.05, 3.63) is 77.3 Å². The number of carbonyl (C=O) groups excluding carboxylic acids is 2. The van der Waals surface area contributed by atoms with E-state index in [0.29, 0.717) is 23.7 Å². The first kappa shape index (κ1) is 23.6. The number of nitrogens with zero attached hydrogens (tertiary/aromatic N) is 1. The Morgan fingerprint density at radius 1 is 1.00 bits per heavy atom. The molecular formula is C26H29ClN2O3. The lowest BCUT2D eigenvalue weighted by Gasteiger charge is -2.31. The van der Waals surface area contributed by atoms with E-state index < -0.39 is 6.04 Å². The smallest absolute Gasteiger partial charge is 0.261 e. The van der Waals surface area contributed by atoms with Gasteiger partial charge in [0, 0.05) is 23.5 Å². The van der Waals surface area contributed by atoms with Crippen LogP contribution >= 0.6 is 11.6 Å². The molecule has 0 fully saturated rings. The quantitative estimate of drug-likeness (QED) is 0.459. The molecule has 5 nitrogen and oxygen atoms in total. The van der Waals surface area contributed by atoms with E-state index in [1.807, 2.05) is 74.5 Å². The molecule has 0 aliphatic carbocycles. The van der Waals surface area contributed by atoms with Gasteiger partial charge in [-0.2, -0.15) is 0 Å². The number of benzene rings is 3. The van der Waals surface area contributed by atoms with Crippen LogP contribution in [0.15, 0.2) is 66.7 Å². The molecule has 0 aliphatic rings. The Kier molecular flexibility index (Phi) is 8.51. The lowest BCUT2D eigenvalue weighted by atomic mass is 10.1. The molecule has 2 amide bonds. The fourth-order valence-corrected chi connectivity index (χ4v) is 3.84. The molecule has 0 saturated carbocycles. The Hall–Kier alpha value is -3.05. The van der Waals surface area contributed by atoms with E-state index in [9.17, 15) is 9.59 Å². The van der Waals surface area contributed by atoms with Crippen LogP contribution in [0.5, 0.6) is 5.75 Å². The third-order valence-corrected chi connectivity index (χ3v) is 5.70. The number of amides is 2. The molecule has 0 unspecified atom stereocenters. The summed E-state index contributed by atoms with van der Waals surface area (Å²) in [6.07, 6.45) is 1.31. The van der Waals surface area contributed by atoms with E-state index in [1.54, 1.807) is 11.0 Å². The van der Waals surface area contributed by atoms with E-state index in [4.69, 9.17) is 16.3 Å². The fourth-order valence-electron chi connectivity index (χ4n) is 3.64. The monoisotopic (exact) mass is 452 g/mol. The molecule has 168 valence electrons. The number of nitrogens with one attached hydrogen (secondary N) is 1. The predicted molar refractivity (Wildman–Crippen MR) is 129 cm³/mol. The Balaban J connectivity index is 1.83. The highest BCUT2D eigenvalue weighted by atomic mass is 35.5. The third kappa shape index (κ3) is 5.80. The maximum Gasteiger partial charge on any atom is 0.261 e. The largest absolute Gasteiger partial charge is 0.483 e. The highest BCUT2D eigenvalue weighted by Crippen LogP contribution is 2.25. The van der Waals surface area contributed by atoms with Crippen LogP contribution in [0.25, 0.3) is 10.8 Å². The van der Waals surface area contributed by atoms with Crippen LogP contribution in [-0.2, 0) is 16.1 Å². The molecule has 3 aromatic carbocycles. The normalized spacial score (nSPS) is 11.7. The van der Waals surface area contributed by atoms with Crippen molar-refractivity contribution >= 4 is 34.2 Å². The highest BCUT2D eigenvalue weighted by molar-refractivity contribution is 6.31. The van der Waals surface area contributed by atoms with E-state index in [1.165, 1.54) is 0 Å². The molecular weight excluding hydrogens is 424 g/mol. The molecule has 3 rings (SSSR count). The van der Waals surface area contributed by atoms with Gasteiger partial charge < -0.3 is 15.0 Å². The number of halogens is 1. The summed E-state index contributed by atoms with van der Waals surface area (Å²) in [4.78, 5) is 27.7. The van der Waals surface area contributed by atoms with Crippen LogP contribution in [0.1, 0.15) is 32.3 Å². The second-order valence-electron chi connectivity index (χ2n) is 7.59. The zero-order valence-electron chi connectivity index (χ0n) is 18.5. The minimum Gasteiger partial charge on any atom is -0.483 e. The van der Waals surface area contributed by atoms with Crippen LogP contribution in [0.3, 0.4) is 0 Å². The van der Waals surface area contributed by atoms with Crippen molar-refractivity contribution in [2.24, 2.45) is 0 Å². The molecule has 0 spiro atoms. The van der Waals surface area contributed by atoms with Crippen LogP contribution in [0.4, 0.5) is 0 Å². The Morgan fingerprint density at radius 2 is 1.72 bits per heavy atom. The first-order chi connectivity index (χ1) is 15.5. The summed E-state index contributed by atoms with van der Waals surface area (Å²) in [5.41, 5.74) is 0.786. The molecule has 0 heterocycles. The molecule has 3 aromatic rings. The molecule has 6 heteroatoms. The van der Waals surface area contributed by atoms with E-state index in [0.717, 1.165) is 22.8 Å². The maximum atomic E-state index is 13.3. The third-order valence-electron chi connectivity index (χ3n) is 5.33. The molecule has 0 radical (unpaired) electrons. The topological polar surface area (TPSA) is 58.6 Å². The number of fused-ring (bicyclic) bond motifs is 1. The average Bonchev–Trinajstić information content (AvgIpc) is 2.82. The Bertz CT molecular complexity index is 1060. The summed E-state index contributed by atoms with van der Waals surface area (Å²) in [6, 6.07) is 20.4. The molecule has 0 aliphatic heterocycles. The van der Waals surface area contributed by atoms with Crippen molar-refractivity contribution < 1.29 is 14.3 Å². The lowest BCUT2D eigenvalue weighted by Crippen LogP contribution is -2.50. The fraction of sp³-hybridized carbons (Fsp3) is 0.308. The minimum absolute atomic E-state index is 0.167. The molecule has 1 atom stereocenters. The van der Waals surface area contributed by atoms with Crippen LogP contribution < -0.4 is 10.1 Å². The van der Waals surface area contributed by atoms with Gasteiger partial charge in [0.05, 0.1) is 0 Å². The number of rotatable bonds is 10. The van der Waals surface area contributed by atoms with Crippen molar-refractivity contribution in [1.29, 1.82) is 0 Å². The van der Waals surface area contributed by atoms with Gasteiger partial charge in [-0.05, 0) is 35.9 Å². The predicted octanol–water partition coefficient (Wildman–Crippen LogP) is 5.21. The van der Waals surface area contributed by atoms with E-state index in [2.05, 4.69) is 5.32 Å². The molecule has 0 saturated heterocycles. The van der Waals surface area contributed by atoms with Crippen LogP contribution in [-0.4, -0.2) is 35.9 Å². The van der Waals surface area contributed by atoms with Crippen molar-refractivity contribution in [2.75, 3.05) is 13.2 Å². The number of hydrogen-bond donors (Lipinski definition) is 1. The van der Waals surface area contributed by atoms with Crippen molar-refractivity contribution in [3.8, 4) is 5.75 Å². The molecule has 1 N–H and O–H groups in total. The Morgan fingerprint density at radius 3 is 2.47 bits per heavy atom. The average molecular weight is 453 g/mol. The second kappa shape index (κ2) is 11.5. The summed E-state index contributed by atoms with van der Waals surface area (Å²) in [5, 5.41) is 5.45. The molecule has 0 bridgehead atoms. The van der Waals surface area contributed by atoms with Gasteiger partial charge >= 0.3 is 0 Å². The van der Waals surface area contributed by atoms with Gasteiger partial charge in [0.1, 0.15) is 11.8 Å². The van der Waals surface area contributed by atoms with Gasteiger partial charge in [0.25, 0.3) is 5.91 Å². The summed E-state index contributed by atoms with van der Waals surface area (Å²) in [5.74, 6) is 0.203. The first-order valence-electron chi connectivity index (χ1n) is 11.0. The Labute approximate surface area is 194 Å². The number of carbonyl (C=O) groups is 2. The van der Waals surface area contributed by atoms with Gasteiger partial charge in [0.2, 0.25) is 5.91 Å². The second-order valence-corrected chi connectivity index (χ2v) is 8.00. The number of ether oxygens (including phenoxy) is 1. The summed E-state index contributed by atoms with van der Waals surface area (Å²) >= 11 is 6.35. The minimum atomic E-state index is -0.610. The SMILES string of the molecule is CCCNC(=O)[C@H](CC)N(Cc1ccccc1Cl)C(=O)COc1cccc2ccccc12. The zero-order valence-corrected chi connectivity index (χ0v) is 19.3. The lowest BCUT2D eigenvalue weighted by molar-refractivity contribution is -0.142. The van der Waals surface area contributed by atoms with Crippen molar-refractivity contribution in [3.63, 3.8) is 0 Å². The first-order valence-corrected chi connectivity index (χ1v) is 11.3. The standard InChI is InChI=1S/C26H29ClN2O3/c1-3-16-28-26(31)23(4-2)29(17-20-11-6-8-14-22(20)27)25(30)18-32-24-15-9-12-19-10-5-7-13-21(19)24/h5-15,23H,3-4,16-18H2,1-2H3,(H,28,31)/t23-/m0/s1. The maximum absolute atomic E-state index is 13.3. The van der Waals surface area contributed by atoms with Gasteiger partial charge in [-0.3, -0.25) is 9.59 Å². The number of hydrogen-bond acceptors (Lipinski definition) is 3. The zero-order chi connectivity index (χ0) is 22.9. The van der Waals surface area contributed by atoms with E-state index in [-0.39, 0.29) is 25.0 Å². The van der Waals surface area contributed by atoms with Crippen molar-refractivity contribution in [2.45, 2.75) is 39.3 Å². The van der Waals surface area contributed by atoms with E-state index >= 15 is 0 Å². The highest BCUT2D eigenvalue weighted by Gasteiger charge is 2.29. The van der Waals surface area contributed by atoms with Crippen LogP contribution in [0.2, 0.25) is 5.02 Å². The van der Waals surface area contributed by atoms with Gasteiger partial charge in [-0.15, -0.1) is 0 Å². The van der Waals surface area contributed by atoms with Gasteiger partial charge in [-0.1, -0.05) is 80.0 Å². The van der Waals surface area contributed by atoms with Crippen LogP contribution in [0, 0.1) is 0 Å². The van der Waals surface area contributed by atoms with Crippen molar-refractivity contribution in [1.82, 2.24) is 10.2 Å². The molecule has 32 heavy (non-hydrogen) atoms. The molecule has 0 aromatic heterocycles. The van der Waals surface area contributed by atoms with Gasteiger partial charge in [0.15, 0.2) is 6.61 Å². The summed E-state index contributed by atoms with van der Waals surface area (Å²) in [7, 11) is 0. The van der Waals surface area contributed by atoms with Gasteiger partial charge in [-0.25, -0.2) is 0 Å².